The van der Waals surface area contributed by atoms with E-state index < -0.39 is 0 Å². The molecule has 0 bridgehead atoms. The molecule has 10 aromatic rings. The first-order valence-electron chi connectivity index (χ1n) is 14.3. The minimum Gasteiger partial charge on any atom is -0.278 e. The summed E-state index contributed by atoms with van der Waals surface area (Å²) in [6.45, 7) is 0. The predicted molar refractivity (Wildman–Crippen MR) is 185 cm³/mol. The van der Waals surface area contributed by atoms with Crippen molar-refractivity contribution in [2.45, 2.75) is 0 Å². The first-order valence-corrected chi connectivity index (χ1v) is 16.0. The second kappa shape index (κ2) is 8.71. The molecule has 10 rings (SSSR count). The van der Waals surface area contributed by atoms with Crippen molar-refractivity contribution >= 4 is 95.7 Å². The number of thiophene rings is 2. The van der Waals surface area contributed by atoms with Crippen LogP contribution in [0.5, 0.6) is 0 Å². The van der Waals surface area contributed by atoms with Crippen LogP contribution in [0.4, 0.5) is 0 Å². The lowest BCUT2D eigenvalue weighted by atomic mass is 9.99. The van der Waals surface area contributed by atoms with Crippen LogP contribution in [-0.4, -0.2) is 14.5 Å². The molecule has 3 nitrogen and oxygen atoms in total. The van der Waals surface area contributed by atoms with E-state index in [1.165, 1.54) is 51.8 Å². The summed E-state index contributed by atoms with van der Waals surface area (Å²) >= 11 is 3.61. The van der Waals surface area contributed by atoms with Gasteiger partial charge in [0, 0.05) is 52.0 Å². The Kier molecular flexibility index (Phi) is 4.75. The van der Waals surface area contributed by atoms with Crippen LogP contribution in [0.3, 0.4) is 0 Å². The lowest BCUT2D eigenvalue weighted by Crippen LogP contribution is -2.02. The van der Waals surface area contributed by atoms with Crippen molar-refractivity contribution in [2.75, 3.05) is 0 Å². The summed E-state index contributed by atoms with van der Waals surface area (Å²) in [5, 5.41) is 9.81. The minimum absolute atomic E-state index is 0.702. The fourth-order valence-electron chi connectivity index (χ4n) is 6.79. The third kappa shape index (κ3) is 3.23. The Labute approximate surface area is 253 Å². The molecule has 43 heavy (non-hydrogen) atoms. The van der Waals surface area contributed by atoms with E-state index in [4.69, 9.17) is 9.97 Å². The van der Waals surface area contributed by atoms with Crippen LogP contribution in [0.2, 0.25) is 0 Å². The van der Waals surface area contributed by atoms with Crippen LogP contribution in [-0.2, 0) is 0 Å². The highest BCUT2D eigenvalue weighted by Gasteiger charge is 2.22. The summed E-state index contributed by atoms with van der Waals surface area (Å²) in [5.74, 6) is 0.702. The van der Waals surface area contributed by atoms with Gasteiger partial charge in [-0.1, -0.05) is 103 Å². The molecule has 0 unspecified atom stereocenters. The van der Waals surface area contributed by atoms with Crippen molar-refractivity contribution in [2.24, 2.45) is 0 Å². The highest BCUT2D eigenvalue weighted by molar-refractivity contribution is 7.27. The van der Waals surface area contributed by atoms with Crippen molar-refractivity contribution in [1.82, 2.24) is 14.5 Å². The van der Waals surface area contributed by atoms with Crippen LogP contribution >= 0.6 is 22.7 Å². The molecule has 0 N–H and O–H groups in total. The lowest BCUT2D eigenvalue weighted by Gasteiger charge is -2.12. The number of para-hydroxylation sites is 1. The molecule has 0 saturated carbocycles. The van der Waals surface area contributed by atoms with Crippen molar-refractivity contribution in [3.63, 3.8) is 0 Å². The normalized spacial score (nSPS) is 12.2. The summed E-state index contributed by atoms with van der Waals surface area (Å²) < 4.78 is 6.11. The minimum atomic E-state index is 0.702. The standard InChI is InChI=1S/C38H21N3S2/c1-2-12-23-22(10-1)11-9-16-25(23)35-34-28-15-5-8-19-32(28)43-37(34)40-38(39-35)41-29-17-6-3-14-27(29)33-30(41)21-20-26-24-13-4-7-18-31(24)42-36(26)33/h1-21H. The maximum atomic E-state index is 5.47. The molecular weight excluding hydrogens is 563 g/mol. The number of hydrogen-bond donors (Lipinski definition) is 0. The number of benzene rings is 6. The maximum Gasteiger partial charge on any atom is 0.236 e. The average Bonchev–Trinajstić information content (AvgIpc) is 3.73. The molecule has 0 aliphatic carbocycles. The van der Waals surface area contributed by atoms with Gasteiger partial charge in [-0.3, -0.25) is 4.57 Å². The topological polar surface area (TPSA) is 30.7 Å². The number of rotatable bonds is 2. The predicted octanol–water partition coefficient (Wildman–Crippen LogP) is 11.1. The van der Waals surface area contributed by atoms with Crippen molar-refractivity contribution in [3.05, 3.63) is 127 Å². The molecule has 0 aliphatic rings. The van der Waals surface area contributed by atoms with Gasteiger partial charge < -0.3 is 0 Å². The van der Waals surface area contributed by atoms with Crippen LogP contribution in [0.25, 0.3) is 90.3 Å². The Morgan fingerprint density at radius 1 is 0.465 bits per heavy atom. The van der Waals surface area contributed by atoms with Gasteiger partial charge in [0.2, 0.25) is 5.95 Å². The maximum absolute atomic E-state index is 5.47. The van der Waals surface area contributed by atoms with Gasteiger partial charge in [-0.2, -0.15) is 0 Å². The number of fused-ring (bicyclic) bond motifs is 11. The molecule has 0 radical (unpaired) electrons. The van der Waals surface area contributed by atoms with Gasteiger partial charge in [-0.05, 0) is 35.0 Å². The third-order valence-electron chi connectivity index (χ3n) is 8.65. The Morgan fingerprint density at radius 2 is 1.16 bits per heavy atom. The van der Waals surface area contributed by atoms with Crippen LogP contribution < -0.4 is 0 Å². The van der Waals surface area contributed by atoms with E-state index in [1.54, 1.807) is 11.3 Å². The number of nitrogens with zero attached hydrogens (tertiary/aromatic N) is 3. The number of hydrogen-bond acceptors (Lipinski definition) is 4. The molecular formula is C38H21N3S2. The SMILES string of the molecule is c1ccc2c(-c3nc(-n4c5ccccc5c5c6sc7ccccc7c6ccc54)nc4sc5ccccc5c34)cccc2c1. The zero-order valence-electron chi connectivity index (χ0n) is 22.8. The van der Waals surface area contributed by atoms with Gasteiger partial charge in [0.15, 0.2) is 0 Å². The number of aromatic nitrogens is 3. The van der Waals surface area contributed by atoms with Gasteiger partial charge >= 0.3 is 0 Å². The summed E-state index contributed by atoms with van der Waals surface area (Å²) in [4.78, 5) is 11.8. The summed E-state index contributed by atoms with van der Waals surface area (Å²) in [5.41, 5.74) is 4.35. The smallest absolute Gasteiger partial charge is 0.236 e. The van der Waals surface area contributed by atoms with Crippen molar-refractivity contribution < 1.29 is 0 Å². The zero-order chi connectivity index (χ0) is 28.1. The fraction of sp³-hybridized carbons (Fsp3) is 0. The molecule has 4 heterocycles. The average molecular weight is 584 g/mol. The second-order valence-corrected chi connectivity index (χ2v) is 13.0. The van der Waals surface area contributed by atoms with E-state index in [0.29, 0.717) is 5.95 Å². The quantitative estimate of drug-likeness (QED) is 0.203. The lowest BCUT2D eigenvalue weighted by molar-refractivity contribution is 1.02. The van der Waals surface area contributed by atoms with E-state index in [-0.39, 0.29) is 0 Å². The molecule has 0 amide bonds. The molecule has 5 heteroatoms. The fourth-order valence-corrected chi connectivity index (χ4v) is 9.12. The Balaban J connectivity index is 1.37. The van der Waals surface area contributed by atoms with Crippen molar-refractivity contribution in [1.29, 1.82) is 0 Å². The van der Waals surface area contributed by atoms with Crippen LogP contribution in [0.15, 0.2) is 127 Å². The Hall–Kier alpha value is -5.10. The molecule has 6 aromatic carbocycles. The first kappa shape index (κ1) is 23.5. The first-order chi connectivity index (χ1) is 21.3. The van der Waals surface area contributed by atoms with E-state index in [0.717, 1.165) is 32.5 Å². The second-order valence-electron chi connectivity index (χ2n) is 11.0. The van der Waals surface area contributed by atoms with Gasteiger partial charge in [-0.25, -0.2) is 9.97 Å². The zero-order valence-corrected chi connectivity index (χ0v) is 24.4. The highest BCUT2D eigenvalue weighted by Crippen LogP contribution is 2.45. The van der Waals surface area contributed by atoms with E-state index in [9.17, 15) is 0 Å². The molecule has 0 saturated heterocycles. The van der Waals surface area contributed by atoms with E-state index in [2.05, 4.69) is 132 Å². The molecule has 0 aliphatic heterocycles. The molecule has 0 atom stereocenters. The van der Waals surface area contributed by atoms with Gasteiger partial charge in [-0.15, -0.1) is 22.7 Å². The van der Waals surface area contributed by atoms with Crippen LogP contribution in [0.1, 0.15) is 0 Å². The van der Waals surface area contributed by atoms with Gasteiger partial charge in [0.25, 0.3) is 0 Å². The Bertz CT molecular complexity index is 2740. The van der Waals surface area contributed by atoms with Crippen molar-refractivity contribution in [3.8, 4) is 17.2 Å². The van der Waals surface area contributed by atoms with Gasteiger partial charge in [0.1, 0.15) is 4.83 Å². The molecule has 4 aromatic heterocycles. The highest BCUT2D eigenvalue weighted by atomic mass is 32.1. The monoisotopic (exact) mass is 583 g/mol. The Morgan fingerprint density at radius 3 is 2.05 bits per heavy atom. The van der Waals surface area contributed by atoms with E-state index >= 15 is 0 Å². The molecule has 0 spiro atoms. The summed E-state index contributed by atoms with van der Waals surface area (Å²) in [6.07, 6.45) is 0. The van der Waals surface area contributed by atoms with Crippen LogP contribution in [0, 0.1) is 0 Å². The summed E-state index contributed by atoms with van der Waals surface area (Å²) in [7, 11) is 0. The largest absolute Gasteiger partial charge is 0.278 e. The third-order valence-corrected chi connectivity index (χ3v) is 10.9. The molecule has 0 fully saturated rings. The molecule has 200 valence electrons. The van der Waals surface area contributed by atoms with E-state index in [1.807, 2.05) is 11.3 Å². The summed E-state index contributed by atoms with van der Waals surface area (Å²) in [6, 6.07) is 45.6. The van der Waals surface area contributed by atoms with Gasteiger partial charge in [0.05, 0.1) is 16.7 Å².